The number of ether oxygens (including phenoxy) is 5. The maximum absolute atomic E-state index is 15.2. The van der Waals surface area contributed by atoms with E-state index in [1.54, 1.807) is 42.3 Å². The van der Waals surface area contributed by atoms with E-state index in [-0.39, 0.29) is 41.4 Å². The fourth-order valence-electron chi connectivity index (χ4n) is 7.94. The van der Waals surface area contributed by atoms with Gasteiger partial charge in [-0.25, -0.2) is 0 Å². The lowest BCUT2D eigenvalue weighted by Gasteiger charge is -2.45. The molecule has 2 fully saturated rings. The summed E-state index contributed by atoms with van der Waals surface area (Å²) in [6.07, 6.45) is -0.334. The fraction of sp³-hybridized carbons (Fsp3) is 0.444. The second-order valence-corrected chi connectivity index (χ2v) is 12.7. The number of rotatable bonds is 8. The molecule has 3 unspecified atom stereocenters. The second kappa shape index (κ2) is 11.6. The van der Waals surface area contributed by atoms with Crippen LogP contribution in [0.25, 0.3) is 0 Å². The minimum atomic E-state index is -2.23. The molecule has 248 valence electrons. The quantitative estimate of drug-likeness (QED) is 0.335. The Kier molecular flexibility index (Phi) is 7.71. The number of amides is 2. The first kappa shape index (κ1) is 31.1. The van der Waals surface area contributed by atoms with Crippen molar-refractivity contribution in [3.8, 4) is 28.7 Å². The molecule has 2 bridgehead atoms. The van der Waals surface area contributed by atoms with Gasteiger partial charge in [0.25, 0.3) is 0 Å². The molecule has 3 aromatic carbocycles. The highest BCUT2D eigenvalue weighted by molar-refractivity contribution is 5.86. The van der Waals surface area contributed by atoms with Gasteiger partial charge < -0.3 is 44.1 Å². The maximum Gasteiger partial charge on any atom is 0.231 e. The zero-order chi connectivity index (χ0) is 33.1. The van der Waals surface area contributed by atoms with Crippen molar-refractivity contribution in [3.05, 3.63) is 77.4 Å². The summed E-state index contributed by atoms with van der Waals surface area (Å²) < 4.78 is 29.7. The molecule has 11 nitrogen and oxygen atoms in total. The summed E-state index contributed by atoms with van der Waals surface area (Å²) in [5, 5.41) is 29.0. The zero-order valence-electron chi connectivity index (χ0n) is 26.9. The third-order valence-corrected chi connectivity index (χ3v) is 10.4. The number of hydrogen-bond donors (Lipinski definition) is 3. The monoisotopic (exact) mass is 644 g/mol. The Morgan fingerprint density at radius 1 is 1.06 bits per heavy atom. The lowest BCUT2D eigenvalue weighted by Crippen LogP contribution is -2.56. The number of carbonyl (C=O) groups excluding carboxylic acids is 2. The van der Waals surface area contributed by atoms with Crippen molar-refractivity contribution in [1.29, 1.82) is 0 Å². The molecule has 0 radical (unpaired) electrons. The van der Waals surface area contributed by atoms with Crippen LogP contribution in [0.5, 0.6) is 28.7 Å². The molecular weight excluding hydrogens is 604 g/mol. The topological polar surface area (TPSA) is 136 Å². The van der Waals surface area contributed by atoms with Crippen LogP contribution in [0.15, 0.2) is 60.7 Å². The Bertz CT molecular complexity index is 1680. The van der Waals surface area contributed by atoms with Crippen molar-refractivity contribution < 1.29 is 43.5 Å². The largest absolute Gasteiger partial charge is 0.497 e. The Balaban J connectivity index is 1.47. The summed E-state index contributed by atoms with van der Waals surface area (Å²) in [6, 6.07) is 18.0. The number of nitrogens with zero attached hydrogens (tertiary/aromatic N) is 1. The first-order chi connectivity index (χ1) is 22.7. The first-order valence-electron chi connectivity index (χ1n) is 16.1. The lowest BCUT2D eigenvalue weighted by molar-refractivity contribution is -0.167. The highest BCUT2D eigenvalue weighted by Crippen LogP contribution is 2.70. The van der Waals surface area contributed by atoms with Gasteiger partial charge in [0.1, 0.15) is 29.4 Å². The standard InChI is InChI=1S/C36H40N2O9/c1-5-20(2)32(39)37-26-12-9-17-38(26)33(40)29-27(21-10-7-6-8-11-21)36(22-13-15-23(43-3)16-14-22)34(41)35(29,42)28-24(47-36)18-25-30(31(28)44-4)46-19-45-25/h6-8,10-11,13-16,18,20,26-27,29,34,41-42H,5,9,12,17,19H2,1-4H3,(H,37,39)/t20?,26?,27-,29+,34?,35+,36+/m1/s1. The summed E-state index contributed by atoms with van der Waals surface area (Å²) in [6.45, 7) is 4.09. The van der Waals surface area contributed by atoms with Crippen molar-refractivity contribution >= 4 is 11.8 Å². The smallest absolute Gasteiger partial charge is 0.231 e. The number of hydrogen-bond acceptors (Lipinski definition) is 9. The molecular formula is C36H40N2O9. The molecule has 1 aliphatic carbocycles. The molecule has 47 heavy (non-hydrogen) atoms. The number of benzene rings is 3. The van der Waals surface area contributed by atoms with E-state index in [2.05, 4.69) is 5.32 Å². The van der Waals surface area contributed by atoms with Crippen LogP contribution in [0, 0.1) is 11.8 Å². The van der Waals surface area contributed by atoms with E-state index in [0.717, 1.165) is 0 Å². The van der Waals surface area contributed by atoms with Gasteiger partial charge in [0, 0.05) is 24.4 Å². The van der Waals surface area contributed by atoms with Crippen LogP contribution in [0.2, 0.25) is 0 Å². The van der Waals surface area contributed by atoms with Crippen molar-refractivity contribution in [1.82, 2.24) is 10.2 Å². The van der Waals surface area contributed by atoms with E-state index in [0.29, 0.717) is 48.4 Å². The molecule has 0 aromatic heterocycles. The minimum Gasteiger partial charge on any atom is -0.497 e. The molecule has 1 saturated carbocycles. The predicted molar refractivity (Wildman–Crippen MR) is 169 cm³/mol. The summed E-state index contributed by atoms with van der Waals surface area (Å²) in [5.41, 5.74) is -2.55. The molecule has 1 saturated heterocycles. The summed E-state index contributed by atoms with van der Waals surface area (Å²) in [4.78, 5) is 29.9. The molecule has 3 heterocycles. The van der Waals surface area contributed by atoms with Crippen LogP contribution >= 0.6 is 0 Å². The zero-order valence-corrected chi connectivity index (χ0v) is 26.9. The van der Waals surface area contributed by atoms with E-state index in [4.69, 9.17) is 23.7 Å². The molecule has 11 heteroatoms. The van der Waals surface area contributed by atoms with Crippen molar-refractivity contribution in [2.24, 2.45) is 11.8 Å². The van der Waals surface area contributed by atoms with Gasteiger partial charge in [0.15, 0.2) is 17.1 Å². The van der Waals surface area contributed by atoms with Gasteiger partial charge in [-0.05, 0) is 42.5 Å². The van der Waals surface area contributed by atoms with Gasteiger partial charge >= 0.3 is 0 Å². The number of aliphatic hydroxyl groups is 2. The third kappa shape index (κ3) is 4.46. The van der Waals surface area contributed by atoms with E-state index >= 15 is 4.79 Å². The predicted octanol–water partition coefficient (Wildman–Crippen LogP) is 3.79. The normalized spacial score (nSPS) is 29.1. The number of likely N-dealkylation sites (tertiary alicyclic amines) is 1. The Morgan fingerprint density at radius 3 is 2.49 bits per heavy atom. The third-order valence-electron chi connectivity index (χ3n) is 10.4. The number of nitrogens with one attached hydrogen (secondary N) is 1. The summed E-state index contributed by atoms with van der Waals surface area (Å²) >= 11 is 0. The summed E-state index contributed by atoms with van der Waals surface area (Å²) in [7, 11) is 2.99. The van der Waals surface area contributed by atoms with E-state index < -0.39 is 41.2 Å². The SMILES string of the molecule is CCC(C)C(=O)NC1CCCN1C(=O)[C@@H]1[C@@H](c2ccccc2)[C@]2(c3ccc(OC)cc3)Oc3cc4c(c(OC)c3[C@@]1(O)C2O)OCO4. The molecule has 3 N–H and O–H groups in total. The van der Waals surface area contributed by atoms with Gasteiger partial charge in [-0.15, -0.1) is 0 Å². The molecule has 3 aliphatic heterocycles. The van der Waals surface area contributed by atoms with Gasteiger partial charge in [-0.1, -0.05) is 56.3 Å². The average Bonchev–Trinajstić information content (AvgIpc) is 3.79. The molecule has 7 rings (SSSR count). The number of aliphatic hydroxyl groups excluding tert-OH is 1. The Labute approximate surface area is 273 Å². The maximum atomic E-state index is 15.2. The van der Waals surface area contributed by atoms with Crippen LogP contribution in [0.4, 0.5) is 0 Å². The van der Waals surface area contributed by atoms with Crippen molar-refractivity contribution in [3.63, 3.8) is 0 Å². The molecule has 0 spiro atoms. The average molecular weight is 645 g/mol. The van der Waals surface area contributed by atoms with Gasteiger partial charge in [0.05, 0.1) is 25.7 Å². The van der Waals surface area contributed by atoms with Crippen LogP contribution in [-0.2, 0) is 20.8 Å². The van der Waals surface area contributed by atoms with Crippen LogP contribution in [-0.4, -0.2) is 66.8 Å². The van der Waals surface area contributed by atoms with E-state index in [9.17, 15) is 15.0 Å². The fourth-order valence-corrected chi connectivity index (χ4v) is 7.94. The molecule has 3 aromatic rings. The highest BCUT2D eigenvalue weighted by Gasteiger charge is 2.77. The van der Waals surface area contributed by atoms with Gasteiger partial charge in [-0.2, -0.15) is 0 Å². The molecule has 7 atom stereocenters. The van der Waals surface area contributed by atoms with Crippen LogP contribution < -0.4 is 29.0 Å². The van der Waals surface area contributed by atoms with E-state index in [1.165, 1.54) is 7.11 Å². The number of fused-ring (bicyclic) bond motifs is 5. The first-order valence-corrected chi connectivity index (χ1v) is 16.1. The summed E-state index contributed by atoms with van der Waals surface area (Å²) in [5.74, 6) is -1.44. The molecule has 2 amide bonds. The minimum absolute atomic E-state index is 0.0699. The number of methoxy groups -OCH3 is 2. The molecule has 4 aliphatic rings. The lowest BCUT2D eigenvalue weighted by atomic mass is 9.75. The van der Waals surface area contributed by atoms with Crippen LogP contribution in [0.3, 0.4) is 0 Å². The highest BCUT2D eigenvalue weighted by atomic mass is 16.7. The van der Waals surface area contributed by atoms with E-state index in [1.807, 2.05) is 44.2 Å². The Morgan fingerprint density at radius 2 is 1.81 bits per heavy atom. The van der Waals surface area contributed by atoms with Crippen molar-refractivity contribution in [2.45, 2.75) is 62.5 Å². The number of carbonyl (C=O) groups is 2. The Hall–Kier alpha value is -4.48. The second-order valence-electron chi connectivity index (χ2n) is 12.7. The van der Waals surface area contributed by atoms with Crippen LogP contribution in [0.1, 0.15) is 55.7 Å². The van der Waals surface area contributed by atoms with Gasteiger partial charge in [-0.3, -0.25) is 9.59 Å². The van der Waals surface area contributed by atoms with Gasteiger partial charge in [0.2, 0.25) is 24.4 Å². The van der Waals surface area contributed by atoms with Crippen molar-refractivity contribution in [2.75, 3.05) is 27.6 Å².